The van der Waals surface area contributed by atoms with Crippen molar-refractivity contribution in [3.8, 4) is 0 Å². The molecule has 0 amide bonds. The summed E-state index contributed by atoms with van der Waals surface area (Å²) in [6.07, 6.45) is -3.52. The predicted octanol–water partition coefficient (Wildman–Crippen LogP) is 4.84. The maximum atomic E-state index is 13.0. The highest BCUT2D eigenvalue weighted by molar-refractivity contribution is 5.61. The van der Waals surface area contributed by atoms with Gasteiger partial charge in [-0.05, 0) is 35.9 Å². The molecule has 0 fully saturated rings. The van der Waals surface area contributed by atoms with Crippen LogP contribution in [0, 0.1) is 5.82 Å². The van der Waals surface area contributed by atoms with Crippen LogP contribution in [0.5, 0.6) is 0 Å². The van der Waals surface area contributed by atoms with E-state index in [4.69, 9.17) is 0 Å². The molecule has 2 rings (SSSR count). The minimum atomic E-state index is -4.52. The summed E-state index contributed by atoms with van der Waals surface area (Å²) in [5.74, 6) is -0.504. The molecule has 0 aliphatic carbocycles. The van der Waals surface area contributed by atoms with E-state index < -0.39 is 17.7 Å². The highest BCUT2D eigenvalue weighted by atomic mass is 19.4. The van der Waals surface area contributed by atoms with E-state index in [2.05, 4.69) is 5.32 Å². The van der Waals surface area contributed by atoms with Crippen molar-refractivity contribution in [1.82, 2.24) is 0 Å². The number of hydrogen-bond acceptors (Lipinski definition) is 1. The Labute approximate surface area is 113 Å². The lowest BCUT2D eigenvalue weighted by Crippen LogP contribution is -2.18. The third-order valence-corrected chi connectivity index (χ3v) is 2.54. The van der Waals surface area contributed by atoms with Crippen molar-refractivity contribution < 1.29 is 17.6 Å². The van der Waals surface area contributed by atoms with Gasteiger partial charge >= 0.3 is 6.18 Å². The number of rotatable bonds is 3. The summed E-state index contributed by atoms with van der Waals surface area (Å²) in [6, 6.07) is 12.8. The number of hydrogen-bond donors (Lipinski definition) is 1. The van der Waals surface area contributed by atoms with E-state index in [1.54, 1.807) is 30.3 Å². The van der Waals surface area contributed by atoms with E-state index in [1.165, 1.54) is 12.1 Å². The van der Waals surface area contributed by atoms with Crippen LogP contribution >= 0.6 is 0 Å². The van der Waals surface area contributed by atoms with Crippen LogP contribution in [0.1, 0.15) is 5.56 Å². The van der Waals surface area contributed by atoms with Gasteiger partial charge in [0.25, 0.3) is 0 Å². The molecule has 104 valence electrons. The zero-order valence-electron chi connectivity index (χ0n) is 10.3. The Bertz CT molecular complexity index is 586. The fourth-order valence-electron chi connectivity index (χ4n) is 1.59. The van der Waals surface area contributed by atoms with E-state index in [9.17, 15) is 17.6 Å². The van der Waals surface area contributed by atoms with Gasteiger partial charge in [0.1, 0.15) is 11.5 Å². The van der Waals surface area contributed by atoms with E-state index in [0.29, 0.717) is 5.56 Å². The number of alkyl halides is 3. The molecule has 0 aliphatic heterocycles. The van der Waals surface area contributed by atoms with Gasteiger partial charge in [0, 0.05) is 5.69 Å². The van der Waals surface area contributed by atoms with E-state index >= 15 is 0 Å². The molecule has 2 aromatic rings. The lowest BCUT2D eigenvalue weighted by molar-refractivity contribution is -0.0893. The Balaban J connectivity index is 2.29. The second-order valence-corrected chi connectivity index (χ2v) is 4.10. The van der Waals surface area contributed by atoms with Crippen LogP contribution < -0.4 is 5.32 Å². The van der Waals surface area contributed by atoms with Gasteiger partial charge in [-0.25, -0.2) is 4.39 Å². The molecule has 0 heterocycles. The number of anilines is 1. The number of halogens is 4. The van der Waals surface area contributed by atoms with Crippen molar-refractivity contribution in [3.05, 3.63) is 71.7 Å². The van der Waals surface area contributed by atoms with Crippen LogP contribution in [0.3, 0.4) is 0 Å². The SMILES string of the molecule is Fc1ccc(NC(=Cc2ccccc2)C(F)(F)F)cc1. The first-order valence-electron chi connectivity index (χ1n) is 5.82. The third kappa shape index (κ3) is 3.85. The topological polar surface area (TPSA) is 12.0 Å². The highest BCUT2D eigenvalue weighted by Gasteiger charge is 2.33. The van der Waals surface area contributed by atoms with Crippen LogP contribution in [-0.4, -0.2) is 6.18 Å². The zero-order chi connectivity index (χ0) is 14.6. The molecule has 0 spiro atoms. The molecule has 0 saturated carbocycles. The van der Waals surface area contributed by atoms with E-state index in [-0.39, 0.29) is 5.69 Å². The normalized spacial score (nSPS) is 12.3. The van der Waals surface area contributed by atoms with Gasteiger partial charge in [-0.2, -0.15) is 13.2 Å². The molecule has 1 nitrogen and oxygen atoms in total. The van der Waals surface area contributed by atoms with Gasteiger partial charge in [-0.15, -0.1) is 0 Å². The first kappa shape index (κ1) is 14.1. The minimum Gasteiger partial charge on any atom is -0.352 e. The molecular formula is C15H11F4N. The second-order valence-electron chi connectivity index (χ2n) is 4.10. The minimum absolute atomic E-state index is 0.172. The maximum Gasteiger partial charge on any atom is 0.431 e. The van der Waals surface area contributed by atoms with Crippen molar-refractivity contribution in [3.63, 3.8) is 0 Å². The molecule has 2 aromatic carbocycles. The van der Waals surface area contributed by atoms with Gasteiger partial charge in [-0.1, -0.05) is 30.3 Å². The number of benzene rings is 2. The standard InChI is InChI=1S/C15H11F4N/c16-12-6-8-13(9-7-12)20-14(15(17,18)19)10-11-4-2-1-3-5-11/h1-10,20H. The third-order valence-electron chi connectivity index (χ3n) is 2.54. The summed E-state index contributed by atoms with van der Waals surface area (Å²) in [5, 5.41) is 2.26. The number of nitrogens with one attached hydrogen (secondary N) is 1. The van der Waals surface area contributed by atoms with Crippen molar-refractivity contribution in [2.75, 3.05) is 5.32 Å². The van der Waals surface area contributed by atoms with E-state index in [0.717, 1.165) is 18.2 Å². The summed E-state index contributed by atoms with van der Waals surface area (Å²) in [6.45, 7) is 0. The quantitative estimate of drug-likeness (QED) is 0.794. The zero-order valence-corrected chi connectivity index (χ0v) is 10.3. The molecular weight excluding hydrogens is 270 g/mol. The monoisotopic (exact) mass is 281 g/mol. The summed E-state index contributed by atoms with van der Waals surface area (Å²) in [4.78, 5) is 0. The molecule has 0 radical (unpaired) electrons. The van der Waals surface area contributed by atoms with Crippen LogP contribution in [-0.2, 0) is 0 Å². The Morgan fingerprint density at radius 1 is 0.900 bits per heavy atom. The average Bonchev–Trinajstić information content (AvgIpc) is 2.40. The maximum absolute atomic E-state index is 13.0. The highest BCUT2D eigenvalue weighted by Crippen LogP contribution is 2.28. The Morgan fingerprint density at radius 2 is 1.50 bits per heavy atom. The summed E-state index contributed by atoms with van der Waals surface area (Å²) >= 11 is 0. The van der Waals surface area contributed by atoms with Gasteiger partial charge < -0.3 is 5.32 Å². The first-order valence-corrected chi connectivity index (χ1v) is 5.82. The first-order chi connectivity index (χ1) is 9.45. The molecule has 20 heavy (non-hydrogen) atoms. The lowest BCUT2D eigenvalue weighted by Gasteiger charge is -2.14. The fourth-order valence-corrected chi connectivity index (χ4v) is 1.59. The molecule has 0 bridgehead atoms. The van der Waals surface area contributed by atoms with Gasteiger partial charge in [0.2, 0.25) is 0 Å². The van der Waals surface area contributed by atoms with Crippen LogP contribution in [0.15, 0.2) is 60.3 Å². The van der Waals surface area contributed by atoms with Crippen LogP contribution in [0.2, 0.25) is 0 Å². The van der Waals surface area contributed by atoms with Gasteiger partial charge in [-0.3, -0.25) is 0 Å². The van der Waals surface area contributed by atoms with Crippen LogP contribution in [0.25, 0.3) is 6.08 Å². The molecule has 5 heteroatoms. The van der Waals surface area contributed by atoms with Gasteiger partial charge in [0.05, 0.1) is 0 Å². The predicted molar refractivity (Wildman–Crippen MR) is 70.5 cm³/mol. The Kier molecular flexibility index (Phi) is 4.08. The molecule has 0 atom stereocenters. The fraction of sp³-hybridized carbons (Fsp3) is 0.0667. The summed E-state index contributed by atoms with van der Waals surface area (Å²) in [5.41, 5.74) is -0.310. The molecule has 0 aliphatic rings. The summed E-state index contributed by atoms with van der Waals surface area (Å²) in [7, 11) is 0. The Hall–Kier alpha value is -2.30. The average molecular weight is 281 g/mol. The molecule has 1 N–H and O–H groups in total. The number of allylic oxidation sites excluding steroid dienone is 1. The lowest BCUT2D eigenvalue weighted by atomic mass is 10.2. The van der Waals surface area contributed by atoms with Crippen molar-refractivity contribution in [1.29, 1.82) is 0 Å². The largest absolute Gasteiger partial charge is 0.431 e. The molecule has 0 aromatic heterocycles. The van der Waals surface area contributed by atoms with Crippen LogP contribution in [0.4, 0.5) is 23.2 Å². The smallest absolute Gasteiger partial charge is 0.352 e. The van der Waals surface area contributed by atoms with Crippen molar-refractivity contribution in [2.24, 2.45) is 0 Å². The van der Waals surface area contributed by atoms with Crippen molar-refractivity contribution in [2.45, 2.75) is 6.18 Å². The molecule has 0 unspecified atom stereocenters. The van der Waals surface area contributed by atoms with Gasteiger partial charge in [0.15, 0.2) is 0 Å². The van der Waals surface area contributed by atoms with E-state index in [1.807, 2.05) is 0 Å². The van der Waals surface area contributed by atoms with Crippen molar-refractivity contribution >= 4 is 11.8 Å². The summed E-state index contributed by atoms with van der Waals surface area (Å²) < 4.78 is 51.6. The molecule has 0 saturated heterocycles. The second kappa shape index (κ2) is 5.77. The Morgan fingerprint density at radius 3 is 2.05 bits per heavy atom.